The first-order valence-corrected chi connectivity index (χ1v) is 17.9. The third kappa shape index (κ3) is 4.58. The van der Waals surface area contributed by atoms with Crippen molar-refractivity contribution in [2.45, 2.75) is 19.9 Å². The van der Waals surface area contributed by atoms with Crippen LogP contribution in [0.1, 0.15) is 31.2 Å². The van der Waals surface area contributed by atoms with E-state index < -0.39 is 0 Å². The van der Waals surface area contributed by atoms with Crippen molar-refractivity contribution in [3.63, 3.8) is 0 Å². The van der Waals surface area contributed by atoms with Crippen molar-refractivity contribution in [1.29, 1.82) is 0 Å². The van der Waals surface area contributed by atoms with E-state index in [1.165, 1.54) is 70.6 Å². The van der Waals surface area contributed by atoms with Gasteiger partial charge in [0.15, 0.2) is 5.76 Å². The van der Waals surface area contributed by atoms with Gasteiger partial charge in [-0.2, -0.15) is 0 Å². The van der Waals surface area contributed by atoms with E-state index in [4.69, 9.17) is 4.42 Å². The predicted octanol–water partition coefficient (Wildman–Crippen LogP) is 12.8. The molecule has 3 heterocycles. The lowest BCUT2D eigenvalue weighted by molar-refractivity contribution is 0.501. The molecule has 0 bridgehead atoms. The van der Waals surface area contributed by atoms with Crippen LogP contribution in [-0.4, -0.2) is 18.3 Å². The number of furan rings is 1. The van der Waals surface area contributed by atoms with Crippen molar-refractivity contribution in [3.05, 3.63) is 151 Å². The van der Waals surface area contributed by atoms with Gasteiger partial charge in [0, 0.05) is 37.0 Å². The summed E-state index contributed by atoms with van der Waals surface area (Å²) < 4.78 is 12.0. The molecule has 50 heavy (non-hydrogen) atoms. The molecule has 0 fully saturated rings. The SMILES string of the molecule is C=Nc1c(C(c2ccccc2)n2c3c4ccccc4ccc3c3c4ccccc4c4c5ccccc5sc4c32)oc2ccccc12.CC.CN. The Labute approximate surface area is 294 Å². The van der Waals surface area contributed by atoms with E-state index in [0.717, 1.165) is 28.0 Å². The highest BCUT2D eigenvalue weighted by molar-refractivity contribution is 7.27. The van der Waals surface area contributed by atoms with Gasteiger partial charge in [0.2, 0.25) is 0 Å². The second kappa shape index (κ2) is 12.9. The number of para-hydroxylation sites is 1. The van der Waals surface area contributed by atoms with Crippen LogP contribution < -0.4 is 5.73 Å². The summed E-state index contributed by atoms with van der Waals surface area (Å²) in [6, 6.07) is 49.6. The lowest BCUT2D eigenvalue weighted by Crippen LogP contribution is -2.12. The maximum absolute atomic E-state index is 6.85. The molecule has 0 saturated heterocycles. The molecule has 244 valence electrons. The Morgan fingerprint density at radius 2 is 1.20 bits per heavy atom. The molecule has 2 N–H and O–H groups in total. The monoisotopic (exact) mass is 667 g/mol. The fraction of sp³-hybridized carbons (Fsp3) is 0.0889. The molecule has 0 aliphatic carbocycles. The molecule has 7 aromatic carbocycles. The number of rotatable bonds is 4. The minimum absolute atomic E-state index is 0.311. The van der Waals surface area contributed by atoms with E-state index in [1.807, 2.05) is 43.4 Å². The number of aliphatic imine (C=N–C) groups is 1. The number of nitrogens with zero attached hydrogens (tertiary/aromatic N) is 2. The van der Waals surface area contributed by atoms with Gasteiger partial charge in [-0.25, -0.2) is 0 Å². The van der Waals surface area contributed by atoms with E-state index in [0.29, 0.717) is 0 Å². The first kappa shape index (κ1) is 31.5. The average Bonchev–Trinajstić information content (AvgIpc) is 3.87. The van der Waals surface area contributed by atoms with Crippen LogP contribution in [0.3, 0.4) is 0 Å². The summed E-state index contributed by atoms with van der Waals surface area (Å²) in [6.07, 6.45) is 0. The van der Waals surface area contributed by atoms with Crippen molar-refractivity contribution in [2.24, 2.45) is 10.7 Å². The first-order valence-electron chi connectivity index (χ1n) is 17.1. The van der Waals surface area contributed by atoms with E-state index in [2.05, 4.69) is 143 Å². The molecule has 0 spiro atoms. The van der Waals surface area contributed by atoms with Crippen LogP contribution in [0.4, 0.5) is 5.69 Å². The van der Waals surface area contributed by atoms with E-state index in [9.17, 15) is 0 Å². The van der Waals surface area contributed by atoms with Gasteiger partial charge in [0.25, 0.3) is 0 Å². The minimum Gasteiger partial charge on any atom is -0.456 e. The highest BCUT2D eigenvalue weighted by Crippen LogP contribution is 2.51. The van der Waals surface area contributed by atoms with Gasteiger partial charge in [-0.3, -0.25) is 4.99 Å². The summed E-state index contributed by atoms with van der Waals surface area (Å²) in [5.41, 5.74) is 9.62. The summed E-state index contributed by atoms with van der Waals surface area (Å²) >= 11 is 1.88. The molecule has 0 saturated carbocycles. The second-order valence-corrected chi connectivity index (χ2v) is 13.0. The standard InChI is InChI=1S/C42H26N2OS.C2H6.CH5N/c1-43-37-30-19-9-11-21-33(30)45-41(37)38(26-14-3-2-4-15-26)44-39-27-16-6-5-13-25(27)23-24-32(39)35-28-17-7-8-18-29(28)36-31-20-10-12-22-34(31)46-42(36)40(35)44;2*1-2/h2-24,38H,1H2;1-2H3;2H2,1H3. The Kier molecular flexibility index (Phi) is 8.15. The highest BCUT2D eigenvalue weighted by Gasteiger charge is 2.31. The molecule has 3 aromatic heterocycles. The quantitative estimate of drug-likeness (QED) is 0.190. The molecule has 0 aliphatic heterocycles. The molecule has 0 aliphatic rings. The van der Waals surface area contributed by atoms with Gasteiger partial charge >= 0.3 is 0 Å². The topological polar surface area (TPSA) is 56.5 Å². The molecule has 1 atom stereocenters. The number of aromatic nitrogens is 1. The lowest BCUT2D eigenvalue weighted by Gasteiger charge is -2.22. The summed E-state index contributed by atoms with van der Waals surface area (Å²) in [6.45, 7) is 8.05. The van der Waals surface area contributed by atoms with Gasteiger partial charge < -0.3 is 14.7 Å². The maximum atomic E-state index is 6.85. The maximum Gasteiger partial charge on any atom is 0.158 e. The number of benzene rings is 7. The van der Waals surface area contributed by atoms with Crippen LogP contribution in [0.2, 0.25) is 0 Å². The molecular formula is C45H37N3OS. The summed E-state index contributed by atoms with van der Waals surface area (Å²) in [4.78, 5) is 4.63. The fourth-order valence-electron chi connectivity index (χ4n) is 7.68. The smallest absolute Gasteiger partial charge is 0.158 e. The highest BCUT2D eigenvalue weighted by atomic mass is 32.1. The number of thiophene rings is 1. The number of hydrogen-bond donors (Lipinski definition) is 1. The molecular weight excluding hydrogens is 631 g/mol. The second-order valence-electron chi connectivity index (χ2n) is 11.9. The zero-order valence-corrected chi connectivity index (χ0v) is 29.2. The van der Waals surface area contributed by atoms with Crippen LogP contribution >= 0.6 is 11.3 Å². The average molecular weight is 668 g/mol. The predicted molar refractivity (Wildman–Crippen MR) is 218 cm³/mol. The van der Waals surface area contributed by atoms with Crippen molar-refractivity contribution in [2.75, 3.05) is 7.05 Å². The van der Waals surface area contributed by atoms with Crippen molar-refractivity contribution < 1.29 is 4.42 Å². The Balaban J connectivity index is 0.000000873. The molecule has 5 heteroatoms. The number of fused-ring (bicyclic) bond motifs is 13. The normalized spacial score (nSPS) is 12.0. The Hall–Kier alpha value is -5.75. The Morgan fingerprint density at radius 3 is 1.94 bits per heavy atom. The van der Waals surface area contributed by atoms with Gasteiger partial charge in [-0.15, -0.1) is 11.3 Å². The Bertz CT molecular complexity index is 2840. The van der Waals surface area contributed by atoms with E-state index in [1.54, 1.807) is 0 Å². The molecule has 10 aromatic rings. The van der Waals surface area contributed by atoms with E-state index in [-0.39, 0.29) is 6.04 Å². The van der Waals surface area contributed by atoms with Crippen LogP contribution in [0.5, 0.6) is 0 Å². The van der Waals surface area contributed by atoms with Crippen LogP contribution in [0.15, 0.2) is 149 Å². The van der Waals surface area contributed by atoms with Gasteiger partial charge in [0.05, 0.1) is 15.7 Å². The summed E-state index contributed by atoms with van der Waals surface area (Å²) in [7, 11) is 1.50. The third-order valence-electron chi connectivity index (χ3n) is 9.54. The molecule has 1 unspecified atom stereocenters. The van der Waals surface area contributed by atoms with Gasteiger partial charge in [-0.1, -0.05) is 135 Å². The van der Waals surface area contributed by atoms with Crippen molar-refractivity contribution >= 4 is 98.2 Å². The van der Waals surface area contributed by atoms with Crippen molar-refractivity contribution in [1.82, 2.24) is 4.57 Å². The molecule has 10 rings (SSSR count). The van der Waals surface area contributed by atoms with Crippen molar-refractivity contribution in [3.8, 4) is 0 Å². The van der Waals surface area contributed by atoms with Crippen LogP contribution in [0.25, 0.3) is 74.5 Å². The third-order valence-corrected chi connectivity index (χ3v) is 10.7. The zero-order chi connectivity index (χ0) is 34.4. The lowest BCUT2D eigenvalue weighted by atomic mass is 9.98. The van der Waals surface area contributed by atoms with E-state index >= 15 is 0 Å². The summed E-state index contributed by atoms with van der Waals surface area (Å²) in [5.74, 6) is 0.788. The summed E-state index contributed by atoms with van der Waals surface area (Å²) in [5, 5.41) is 11.0. The minimum atomic E-state index is -0.311. The molecule has 4 nitrogen and oxygen atoms in total. The van der Waals surface area contributed by atoms with Crippen LogP contribution in [-0.2, 0) is 0 Å². The number of nitrogens with two attached hydrogens (primary N) is 1. The first-order chi connectivity index (χ1) is 24.8. The molecule has 0 radical (unpaired) electrons. The zero-order valence-electron chi connectivity index (χ0n) is 28.4. The number of hydrogen-bond acceptors (Lipinski definition) is 4. The molecule has 0 amide bonds. The van der Waals surface area contributed by atoms with Gasteiger partial charge in [0.1, 0.15) is 17.3 Å². The largest absolute Gasteiger partial charge is 0.456 e. The fourth-order valence-corrected chi connectivity index (χ4v) is 8.95. The Morgan fingerprint density at radius 1 is 0.600 bits per heavy atom. The van der Waals surface area contributed by atoms with Crippen LogP contribution in [0, 0.1) is 0 Å². The van der Waals surface area contributed by atoms with Gasteiger partial charge in [-0.05, 0) is 53.7 Å².